The van der Waals surface area contributed by atoms with E-state index in [9.17, 15) is 0 Å². The number of aromatic amines is 1. The van der Waals surface area contributed by atoms with Crippen molar-refractivity contribution in [1.82, 2.24) is 14.8 Å². The minimum absolute atomic E-state index is 0.563. The molecular formula is C13H11N3S. The Labute approximate surface area is 104 Å². The molecule has 0 aliphatic heterocycles. The highest BCUT2D eigenvalue weighted by Crippen LogP contribution is 2.21. The van der Waals surface area contributed by atoms with Crippen molar-refractivity contribution in [2.45, 2.75) is 0 Å². The number of hydrogen-bond donors (Lipinski definition) is 1. The first-order valence-corrected chi connectivity index (χ1v) is 5.77. The first-order chi connectivity index (χ1) is 8.24. The molecule has 0 unspecified atom stereocenters. The number of aryl methyl sites for hydroxylation is 1. The average molecular weight is 241 g/mol. The van der Waals surface area contributed by atoms with Crippen LogP contribution in [0.25, 0.3) is 22.2 Å². The fraction of sp³-hybridized carbons (Fsp3) is 0.0769. The molecular weight excluding hydrogens is 230 g/mol. The number of H-pyrrole nitrogens is 1. The van der Waals surface area contributed by atoms with Crippen LogP contribution in [-0.4, -0.2) is 14.8 Å². The van der Waals surface area contributed by atoms with Gasteiger partial charge in [-0.15, -0.1) is 0 Å². The van der Waals surface area contributed by atoms with Gasteiger partial charge in [0, 0.05) is 12.6 Å². The smallest absolute Gasteiger partial charge is 0.216 e. The van der Waals surface area contributed by atoms with E-state index < -0.39 is 0 Å². The third-order valence-electron chi connectivity index (χ3n) is 2.79. The molecule has 0 amide bonds. The summed E-state index contributed by atoms with van der Waals surface area (Å²) in [7, 11) is 1.86. The second-order valence-corrected chi connectivity index (χ2v) is 4.34. The van der Waals surface area contributed by atoms with Crippen LogP contribution in [0.15, 0.2) is 42.5 Å². The summed E-state index contributed by atoms with van der Waals surface area (Å²) in [5, 5.41) is 5.56. The highest BCUT2D eigenvalue weighted by molar-refractivity contribution is 7.71. The summed E-state index contributed by atoms with van der Waals surface area (Å²) < 4.78 is 2.30. The molecule has 0 saturated heterocycles. The van der Waals surface area contributed by atoms with Gasteiger partial charge in [0.25, 0.3) is 0 Å². The predicted molar refractivity (Wildman–Crippen MR) is 71.3 cm³/mol. The zero-order chi connectivity index (χ0) is 11.8. The first-order valence-electron chi connectivity index (χ1n) is 5.36. The molecule has 2 aromatic carbocycles. The molecule has 0 radical (unpaired) electrons. The molecule has 0 aliphatic rings. The van der Waals surface area contributed by atoms with E-state index in [1.807, 2.05) is 19.2 Å². The molecule has 1 N–H and O–H groups in total. The lowest BCUT2D eigenvalue weighted by atomic mass is 10.1. The maximum Gasteiger partial charge on any atom is 0.216 e. The molecule has 3 rings (SSSR count). The predicted octanol–water partition coefficient (Wildman–Crippen LogP) is 3.30. The van der Waals surface area contributed by atoms with E-state index in [2.05, 4.69) is 40.4 Å². The van der Waals surface area contributed by atoms with Crippen molar-refractivity contribution >= 4 is 23.0 Å². The van der Waals surface area contributed by atoms with Gasteiger partial charge in [0.1, 0.15) is 0 Å². The van der Waals surface area contributed by atoms with Gasteiger partial charge in [-0.05, 0) is 29.1 Å². The Morgan fingerprint density at radius 2 is 1.88 bits per heavy atom. The Balaban J connectivity index is 2.21. The largest absolute Gasteiger partial charge is 0.279 e. The number of hydrogen-bond acceptors (Lipinski definition) is 2. The van der Waals surface area contributed by atoms with E-state index in [4.69, 9.17) is 12.2 Å². The van der Waals surface area contributed by atoms with E-state index in [0.717, 1.165) is 11.4 Å². The third-order valence-corrected chi connectivity index (χ3v) is 3.16. The summed E-state index contributed by atoms with van der Waals surface area (Å²) in [5.74, 6) is 0.809. The standard InChI is InChI=1S/C13H11N3S/c1-16-13(17)14-12(15-16)11-7-6-9-4-2-3-5-10(9)8-11/h2-8H,1H3,(H,14,15,17). The van der Waals surface area contributed by atoms with Crippen LogP contribution in [-0.2, 0) is 7.05 Å². The SMILES string of the molecule is Cn1[nH]c(-c2ccc3ccccc3c2)nc1=S. The van der Waals surface area contributed by atoms with E-state index in [0.29, 0.717) is 4.77 Å². The number of benzene rings is 2. The fourth-order valence-electron chi connectivity index (χ4n) is 1.87. The van der Waals surface area contributed by atoms with E-state index >= 15 is 0 Å². The van der Waals surface area contributed by atoms with Crippen molar-refractivity contribution < 1.29 is 0 Å². The summed E-state index contributed by atoms with van der Waals surface area (Å²) in [6.45, 7) is 0. The van der Waals surface area contributed by atoms with Gasteiger partial charge in [0.05, 0.1) is 0 Å². The number of nitrogens with zero attached hydrogens (tertiary/aromatic N) is 2. The number of fused-ring (bicyclic) bond motifs is 1. The van der Waals surface area contributed by atoms with Crippen molar-refractivity contribution in [2.75, 3.05) is 0 Å². The molecule has 3 nitrogen and oxygen atoms in total. The van der Waals surface area contributed by atoms with Gasteiger partial charge in [0.15, 0.2) is 5.82 Å². The van der Waals surface area contributed by atoms with Crippen LogP contribution < -0.4 is 0 Å². The second kappa shape index (κ2) is 3.82. The normalized spacial score (nSPS) is 10.9. The summed E-state index contributed by atoms with van der Waals surface area (Å²) in [6, 6.07) is 14.5. The second-order valence-electron chi connectivity index (χ2n) is 3.98. The summed E-state index contributed by atoms with van der Waals surface area (Å²) in [6.07, 6.45) is 0. The molecule has 17 heavy (non-hydrogen) atoms. The molecule has 84 valence electrons. The molecule has 1 heterocycles. The Morgan fingerprint density at radius 1 is 1.12 bits per heavy atom. The van der Waals surface area contributed by atoms with Crippen LogP contribution in [0.2, 0.25) is 0 Å². The Kier molecular flexibility index (Phi) is 2.30. The molecule has 0 aliphatic carbocycles. The first kappa shape index (κ1) is 10.2. The van der Waals surface area contributed by atoms with Gasteiger partial charge >= 0.3 is 0 Å². The monoisotopic (exact) mass is 241 g/mol. The van der Waals surface area contributed by atoms with Gasteiger partial charge in [-0.1, -0.05) is 36.4 Å². The maximum atomic E-state index is 5.09. The van der Waals surface area contributed by atoms with Gasteiger partial charge in [0.2, 0.25) is 4.77 Å². The van der Waals surface area contributed by atoms with Crippen molar-refractivity contribution in [3.8, 4) is 11.4 Å². The lowest BCUT2D eigenvalue weighted by molar-refractivity contribution is 0.756. The summed E-state index contributed by atoms with van der Waals surface area (Å²) in [5.41, 5.74) is 1.05. The Morgan fingerprint density at radius 3 is 2.59 bits per heavy atom. The molecule has 3 aromatic rings. The number of aromatic nitrogens is 3. The van der Waals surface area contributed by atoms with Crippen LogP contribution in [0.4, 0.5) is 0 Å². The van der Waals surface area contributed by atoms with Gasteiger partial charge in [-0.2, -0.15) is 4.98 Å². The molecule has 0 saturated carbocycles. The minimum Gasteiger partial charge on any atom is -0.279 e. The highest BCUT2D eigenvalue weighted by Gasteiger charge is 2.03. The average Bonchev–Trinajstić information content (AvgIpc) is 2.69. The quantitative estimate of drug-likeness (QED) is 0.663. The van der Waals surface area contributed by atoms with E-state index in [1.165, 1.54) is 10.8 Å². The van der Waals surface area contributed by atoms with Crippen molar-refractivity contribution in [3.05, 3.63) is 47.2 Å². The molecule has 0 spiro atoms. The zero-order valence-corrected chi connectivity index (χ0v) is 10.2. The minimum atomic E-state index is 0.563. The summed E-state index contributed by atoms with van der Waals surface area (Å²) in [4.78, 5) is 4.31. The third kappa shape index (κ3) is 1.76. The Hall–Kier alpha value is -1.94. The lowest BCUT2D eigenvalue weighted by Gasteiger charge is -2.00. The van der Waals surface area contributed by atoms with Crippen molar-refractivity contribution in [2.24, 2.45) is 7.05 Å². The van der Waals surface area contributed by atoms with E-state index in [1.54, 1.807) is 4.68 Å². The van der Waals surface area contributed by atoms with Crippen LogP contribution >= 0.6 is 12.2 Å². The van der Waals surface area contributed by atoms with Crippen LogP contribution in [0.3, 0.4) is 0 Å². The molecule has 0 fully saturated rings. The van der Waals surface area contributed by atoms with Crippen LogP contribution in [0.1, 0.15) is 0 Å². The Bertz CT molecular complexity index is 740. The zero-order valence-electron chi connectivity index (χ0n) is 9.34. The topological polar surface area (TPSA) is 33.6 Å². The van der Waals surface area contributed by atoms with Gasteiger partial charge < -0.3 is 0 Å². The lowest BCUT2D eigenvalue weighted by Crippen LogP contribution is -1.89. The highest BCUT2D eigenvalue weighted by atomic mass is 32.1. The maximum absolute atomic E-state index is 5.09. The molecule has 4 heteroatoms. The van der Waals surface area contributed by atoms with Gasteiger partial charge in [-0.25, -0.2) is 0 Å². The van der Waals surface area contributed by atoms with Crippen LogP contribution in [0.5, 0.6) is 0 Å². The van der Waals surface area contributed by atoms with Crippen molar-refractivity contribution in [1.29, 1.82) is 0 Å². The number of rotatable bonds is 1. The van der Waals surface area contributed by atoms with Crippen molar-refractivity contribution in [3.63, 3.8) is 0 Å². The fourth-order valence-corrected chi connectivity index (χ4v) is 2.00. The molecule has 0 bridgehead atoms. The number of nitrogens with one attached hydrogen (secondary N) is 1. The van der Waals surface area contributed by atoms with Crippen LogP contribution in [0, 0.1) is 4.77 Å². The van der Waals surface area contributed by atoms with E-state index in [-0.39, 0.29) is 0 Å². The summed E-state index contributed by atoms with van der Waals surface area (Å²) >= 11 is 5.09. The van der Waals surface area contributed by atoms with Gasteiger partial charge in [-0.3, -0.25) is 9.78 Å². The molecule has 1 aromatic heterocycles. The molecule has 0 atom stereocenters.